The van der Waals surface area contributed by atoms with Gasteiger partial charge in [0.1, 0.15) is 18.0 Å². The molecule has 0 saturated carbocycles. The first-order chi connectivity index (χ1) is 9.72. The fraction of sp³-hybridized carbons (Fsp3) is 0.533. The minimum absolute atomic E-state index is 0.653. The van der Waals surface area contributed by atoms with Crippen molar-refractivity contribution in [3.8, 4) is 0 Å². The maximum atomic E-state index is 4.44. The normalized spacial score (nSPS) is 19.3. The summed E-state index contributed by atoms with van der Waals surface area (Å²) in [4.78, 5) is 15.4. The lowest BCUT2D eigenvalue weighted by Gasteiger charge is -2.33. The minimum Gasteiger partial charge on any atom is -0.356 e. The lowest BCUT2D eigenvalue weighted by molar-refractivity contribution is 0.401. The van der Waals surface area contributed by atoms with E-state index in [1.54, 1.807) is 6.33 Å². The van der Waals surface area contributed by atoms with Crippen molar-refractivity contribution >= 4 is 5.82 Å². The van der Waals surface area contributed by atoms with Crippen LogP contribution in [0.25, 0.3) is 0 Å². The molecule has 106 valence electrons. The summed E-state index contributed by atoms with van der Waals surface area (Å²) in [7, 11) is 2.07. The first-order valence-corrected chi connectivity index (χ1v) is 7.22. The van der Waals surface area contributed by atoms with Gasteiger partial charge < -0.3 is 9.47 Å². The van der Waals surface area contributed by atoms with E-state index >= 15 is 0 Å². The number of imidazole rings is 1. The van der Waals surface area contributed by atoms with E-state index in [0.29, 0.717) is 5.92 Å². The predicted molar refractivity (Wildman–Crippen MR) is 78.6 cm³/mol. The zero-order chi connectivity index (χ0) is 13.9. The summed E-state index contributed by atoms with van der Waals surface area (Å²) in [6.07, 6.45) is 9.09. The summed E-state index contributed by atoms with van der Waals surface area (Å²) < 4.78 is 2.12. The molecule has 1 saturated heterocycles. The Morgan fingerprint density at radius 1 is 1.30 bits per heavy atom. The highest BCUT2D eigenvalue weighted by atomic mass is 15.2. The molecule has 0 spiro atoms. The van der Waals surface area contributed by atoms with Crippen LogP contribution in [0.2, 0.25) is 0 Å². The Balaban J connectivity index is 1.69. The Morgan fingerprint density at radius 2 is 2.20 bits per heavy atom. The van der Waals surface area contributed by atoms with Crippen LogP contribution >= 0.6 is 0 Å². The van der Waals surface area contributed by atoms with Crippen molar-refractivity contribution in [2.24, 2.45) is 13.0 Å². The van der Waals surface area contributed by atoms with Crippen molar-refractivity contribution in [2.75, 3.05) is 18.0 Å². The molecule has 5 nitrogen and oxygen atoms in total. The quantitative estimate of drug-likeness (QED) is 0.856. The van der Waals surface area contributed by atoms with Crippen LogP contribution < -0.4 is 4.90 Å². The lowest BCUT2D eigenvalue weighted by Crippen LogP contribution is -2.37. The summed E-state index contributed by atoms with van der Waals surface area (Å²) in [5, 5.41) is 0. The number of rotatable bonds is 3. The fourth-order valence-corrected chi connectivity index (χ4v) is 2.90. The van der Waals surface area contributed by atoms with Crippen LogP contribution in [0.3, 0.4) is 0 Å². The van der Waals surface area contributed by atoms with Crippen LogP contribution in [0.5, 0.6) is 0 Å². The lowest BCUT2D eigenvalue weighted by atomic mass is 9.94. The van der Waals surface area contributed by atoms with Gasteiger partial charge in [0, 0.05) is 50.7 Å². The third-order valence-electron chi connectivity index (χ3n) is 4.02. The van der Waals surface area contributed by atoms with E-state index < -0.39 is 0 Å². The van der Waals surface area contributed by atoms with Crippen molar-refractivity contribution in [2.45, 2.75) is 26.2 Å². The van der Waals surface area contributed by atoms with Gasteiger partial charge in [-0.25, -0.2) is 15.0 Å². The molecule has 3 heterocycles. The van der Waals surface area contributed by atoms with Crippen LogP contribution in [0.4, 0.5) is 5.82 Å². The van der Waals surface area contributed by atoms with Gasteiger partial charge in [-0.2, -0.15) is 0 Å². The molecule has 0 aromatic carbocycles. The average molecular weight is 271 g/mol. The Morgan fingerprint density at radius 3 is 2.95 bits per heavy atom. The van der Waals surface area contributed by atoms with E-state index in [9.17, 15) is 0 Å². The monoisotopic (exact) mass is 271 g/mol. The smallest absolute Gasteiger partial charge is 0.132 e. The van der Waals surface area contributed by atoms with E-state index in [1.165, 1.54) is 18.7 Å². The summed E-state index contributed by atoms with van der Waals surface area (Å²) in [6, 6.07) is 2.07. The van der Waals surface area contributed by atoms with E-state index in [4.69, 9.17) is 0 Å². The molecular weight excluding hydrogens is 250 g/mol. The highest BCUT2D eigenvalue weighted by Gasteiger charge is 2.22. The van der Waals surface area contributed by atoms with Gasteiger partial charge >= 0.3 is 0 Å². The second-order valence-electron chi connectivity index (χ2n) is 5.63. The van der Waals surface area contributed by atoms with Crippen LogP contribution in [-0.4, -0.2) is 32.6 Å². The number of hydrogen-bond acceptors (Lipinski definition) is 4. The number of nitrogens with zero attached hydrogens (tertiary/aromatic N) is 5. The molecule has 5 heteroatoms. The number of anilines is 1. The molecule has 1 atom stereocenters. The first-order valence-electron chi connectivity index (χ1n) is 7.22. The maximum Gasteiger partial charge on any atom is 0.132 e. The van der Waals surface area contributed by atoms with Crippen LogP contribution in [-0.2, 0) is 13.5 Å². The number of piperidine rings is 1. The molecule has 1 fully saturated rings. The Labute approximate surface area is 119 Å². The second kappa shape index (κ2) is 5.61. The van der Waals surface area contributed by atoms with Gasteiger partial charge in [0.2, 0.25) is 0 Å². The molecule has 3 rings (SSSR count). The molecule has 0 unspecified atom stereocenters. The summed E-state index contributed by atoms with van der Waals surface area (Å²) in [6.45, 7) is 4.16. The van der Waals surface area contributed by atoms with E-state index in [0.717, 1.165) is 31.0 Å². The number of aromatic nitrogens is 4. The van der Waals surface area contributed by atoms with E-state index in [-0.39, 0.29) is 0 Å². The van der Waals surface area contributed by atoms with Gasteiger partial charge in [-0.3, -0.25) is 0 Å². The predicted octanol–water partition coefficient (Wildman–Crippen LogP) is 1.98. The standard InChI is InChI=1S/C15H21N5/c1-12-8-15(18-11-17-12)20-6-3-4-13(10-20)9-14-16-5-7-19(14)2/h5,7-8,11,13H,3-4,6,9-10H2,1-2H3/t13-/m1/s1. The van der Waals surface area contributed by atoms with Gasteiger partial charge in [-0.1, -0.05) is 0 Å². The summed E-state index contributed by atoms with van der Waals surface area (Å²) in [5.41, 5.74) is 1.03. The average Bonchev–Trinajstić information content (AvgIpc) is 2.85. The Kier molecular flexibility index (Phi) is 3.67. The summed E-state index contributed by atoms with van der Waals surface area (Å²) >= 11 is 0. The fourth-order valence-electron chi connectivity index (χ4n) is 2.90. The van der Waals surface area contributed by atoms with E-state index in [1.807, 2.05) is 19.3 Å². The molecule has 1 aliphatic heterocycles. The molecule has 20 heavy (non-hydrogen) atoms. The van der Waals surface area contributed by atoms with Crippen molar-refractivity contribution in [1.82, 2.24) is 19.5 Å². The molecule has 1 aliphatic rings. The molecule has 2 aromatic heterocycles. The zero-order valence-corrected chi connectivity index (χ0v) is 12.2. The SMILES string of the molecule is Cc1cc(N2CCC[C@H](Cc3nccn3C)C2)ncn1. The van der Waals surface area contributed by atoms with Crippen LogP contribution in [0.15, 0.2) is 24.8 Å². The third kappa shape index (κ3) is 2.81. The first kappa shape index (κ1) is 13.1. The molecule has 0 N–H and O–H groups in total. The molecule has 0 bridgehead atoms. The Bertz CT molecular complexity index is 577. The molecule has 0 amide bonds. The van der Waals surface area contributed by atoms with Crippen LogP contribution in [0, 0.1) is 12.8 Å². The van der Waals surface area contributed by atoms with Gasteiger partial charge in [0.25, 0.3) is 0 Å². The molecule has 2 aromatic rings. The van der Waals surface area contributed by atoms with Crippen molar-refractivity contribution in [3.05, 3.63) is 36.3 Å². The van der Waals surface area contributed by atoms with Gasteiger partial charge in [0.15, 0.2) is 0 Å². The molecular formula is C15H21N5. The Hall–Kier alpha value is -1.91. The zero-order valence-electron chi connectivity index (χ0n) is 12.2. The van der Waals surface area contributed by atoms with Gasteiger partial charge in [-0.15, -0.1) is 0 Å². The van der Waals surface area contributed by atoms with Crippen molar-refractivity contribution < 1.29 is 0 Å². The van der Waals surface area contributed by atoms with Crippen molar-refractivity contribution in [1.29, 1.82) is 0 Å². The largest absolute Gasteiger partial charge is 0.356 e. The third-order valence-corrected chi connectivity index (χ3v) is 4.02. The highest BCUT2D eigenvalue weighted by molar-refractivity contribution is 5.39. The van der Waals surface area contributed by atoms with Crippen LogP contribution in [0.1, 0.15) is 24.4 Å². The topological polar surface area (TPSA) is 46.8 Å². The van der Waals surface area contributed by atoms with E-state index in [2.05, 4.69) is 37.5 Å². The van der Waals surface area contributed by atoms with Gasteiger partial charge in [0.05, 0.1) is 0 Å². The maximum absolute atomic E-state index is 4.44. The molecule has 0 aliphatic carbocycles. The highest BCUT2D eigenvalue weighted by Crippen LogP contribution is 2.23. The summed E-state index contributed by atoms with van der Waals surface area (Å²) in [5.74, 6) is 2.89. The number of aryl methyl sites for hydroxylation is 2. The van der Waals surface area contributed by atoms with Gasteiger partial charge in [-0.05, 0) is 25.7 Å². The minimum atomic E-state index is 0.653. The second-order valence-corrected chi connectivity index (χ2v) is 5.63. The van der Waals surface area contributed by atoms with Crippen molar-refractivity contribution in [3.63, 3.8) is 0 Å². The number of hydrogen-bond donors (Lipinski definition) is 0. The molecule has 0 radical (unpaired) electrons.